The van der Waals surface area contributed by atoms with Crippen molar-refractivity contribution in [2.75, 3.05) is 7.11 Å². The molecule has 1 aromatic rings. The Bertz CT molecular complexity index is 850. The van der Waals surface area contributed by atoms with E-state index in [1.54, 1.807) is 6.92 Å². The standard InChI is InChI=1S/C20H20ClFN2O2/c1-11-15(10-23)18(14-7-6-13(22)9-16(14)21)19(20(25)26-2)17(24-11)8-5-12-3-4-12/h6-7,9,12,18,24H,3-5,8H2,1-2H3. The Balaban J connectivity index is 2.13. The van der Waals surface area contributed by atoms with Gasteiger partial charge in [-0.25, -0.2) is 9.18 Å². The first kappa shape index (κ1) is 18.5. The first-order valence-corrected chi connectivity index (χ1v) is 8.98. The lowest BCUT2D eigenvalue weighted by Crippen LogP contribution is -2.29. The lowest BCUT2D eigenvalue weighted by molar-refractivity contribution is -0.136. The number of rotatable bonds is 5. The monoisotopic (exact) mass is 374 g/mol. The molecule has 0 saturated heterocycles. The van der Waals surface area contributed by atoms with Crippen molar-refractivity contribution in [2.45, 2.75) is 38.5 Å². The van der Waals surface area contributed by atoms with E-state index in [1.807, 2.05) is 0 Å². The molecule has 0 spiro atoms. The van der Waals surface area contributed by atoms with Crippen LogP contribution in [0, 0.1) is 23.1 Å². The van der Waals surface area contributed by atoms with Crippen LogP contribution in [0.3, 0.4) is 0 Å². The summed E-state index contributed by atoms with van der Waals surface area (Å²) in [5.74, 6) is -0.952. The molecular formula is C20H20ClFN2O2. The van der Waals surface area contributed by atoms with E-state index in [4.69, 9.17) is 16.3 Å². The quantitative estimate of drug-likeness (QED) is 0.766. The van der Waals surface area contributed by atoms with Crippen LogP contribution in [0.1, 0.15) is 44.1 Å². The normalized spacial score (nSPS) is 19.9. The summed E-state index contributed by atoms with van der Waals surface area (Å²) < 4.78 is 18.5. The van der Waals surface area contributed by atoms with Crippen molar-refractivity contribution in [2.24, 2.45) is 5.92 Å². The zero-order valence-corrected chi connectivity index (χ0v) is 15.5. The summed E-state index contributed by atoms with van der Waals surface area (Å²) >= 11 is 6.26. The number of halogens is 2. The van der Waals surface area contributed by atoms with Crippen molar-refractivity contribution in [3.05, 3.63) is 57.1 Å². The van der Waals surface area contributed by atoms with Crippen LogP contribution in [0.15, 0.2) is 40.7 Å². The van der Waals surface area contributed by atoms with Crippen LogP contribution in [0.2, 0.25) is 5.02 Å². The molecule has 1 unspecified atom stereocenters. The van der Waals surface area contributed by atoms with Crippen LogP contribution < -0.4 is 5.32 Å². The van der Waals surface area contributed by atoms with Gasteiger partial charge in [0.2, 0.25) is 0 Å². The third-order valence-electron chi connectivity index (χ3n) is 4.94. The molecule has 1 heterocycles. The number of dihydropyridines is 1. The van der Waals surface area contributed by atoms with Crippen LogP contribution in [-0.2, 0) is 9.53 Å². The lowest BCUT2D eigenvalue weighted by Gasteiger charge is -2.30. The average Bonchev–Trinajstić information content (AvgIpc) is 3.43. The average molecular weight is 375 g/mol. The molecule has 1 fully saturated rings. The predicted octanol–water partition coefficient (Wildman–Crippen LogP) is 4.58. The van der Waals surface area contributed by atoms with E-state index in [9.17, 15) is 14.4 Å². The zero-order valence-electron chi connectivity index (χ0n) is 14.7. The first-order chi connectivity index (χ1) is 12.5. The van der Waals surface area contributed by atoms with Gasteiger partial charge in [0.1, 0.15) is 5.82 Å². The summed E-state index contributed by atoms with van der Waals surface area (Å²) in [4.78, 5) is 12.6. The molecule has 4 nitrogen and oxygen atoms in total. The molecule has 2 aliphatic rings. The first-order valence-electron chi connectivity index (χ1n) is 8.60. The van der Waals surface area contributed by atoms with E-state index in [1.165, 1.54) is 38.2 Å². The van der Waals surface area contributed by atoms with Crippen molar-refractivity contribution in [1.82, 2.24) is 5.32 Å². The van der Waals surface area contributed by atoms with Crippen LogP contribution >= 0.6 is 11.6 Å². The Hall–Kier alpha value is -2.32. The topological polar surface area (TPSA) is 62.1 Å². The van der Waals surface area contributed by atoms with Gasteiger partial charge in [0, 0.05) is 16.4 Å². The van der Waals surface area contributed by atoms with Gasteiger partial charge >= 0.3 is 5.97 Å². The van der Waals surface area contributed by atoms with Gasteiger partial charge in [0.15, 0.2) is 0 Å². The summed E-state index contributed by atoms with van der Waals surface area (Å²) in [6.07, 6.45) is 4.10. The van der Waals surface area contributed by atoms with Crippen molar-refractivity contribution < 1.29 is 13.9 Å². The highest BCUT2D eigenvalue weighted by Gasteiger charge is 2.36. The Morgan fingerprint density at radius 1 is 1.46 bits per heavy atom. The van der Waals surface area contributed by atoms with Crippen LogP contribution in [-0.4, -0.2) is 13.1 Å². The third-order valence-corrected chi connectivity index (χ3v) is 5.27. The lowest BCUT2D eigenvalue weighted by atomic mass is 9.80. The maximum atomic E-state index is 13.5. The largest absolute Gasteiger partial charge is 0.466 e. The molecule has 1 aliphatic heterocycles. The number of hydrogen-bond donors (Lipinski definition) is 1. The fourth-order valence-corrected chi connectivity index (χ4v) is 3.67. The Morgan fingerprint density at radius 2 is 2.19 bits per heavy atom. The Kier molecular flexibility index (Phi) is 5.33. The third kappa shape index (κ3) is 3.61. The fourth-order valence-electron chi connectivity index (χ4n) is 3.39. The molecule has 3 rings (SSSR count). The van der Waals surface area contributed by atoms with E-state index in [0.717, 1.165) is 12.1 Å². The number of nitrogens with one attached hydrogen (secondary N) is 1. The van der Waals surface area contributed by atoms with Crippen LogP contribution in [0.4, 0.5) is 4.39 Å². The number of benzene rings is 1. The van der Waals surface area contributed by atoms with Gasteiger partial charge in [-0.05, 0) is 43.4 Å². The molecule has 1 atom stereocenters. The maximum absolute atomic E-state index is 13.5. The predicted molar refractivity (Wildman–Crippen MR) is 96.6 cm³/mol. The van der Waals surface area contributed by atoms with Crippen molar-refractivity contribution in [1.29, 1.82) is 5.26 Å². The molecule has 6 heteroatoms. The second-order valence-corrected chi connectivity index (χ2v) is 7.15. The summed E-state index contributed by atoms with van der Waals surface area (Å²) in [5.41, 5.74) is 2.72. The number of esters is 1. The molecular weight excluding hydrogens is 355 g/mol. The molecule has 0 radical (unpaired) electrons. The highest BCUT2D eigenvalue weighted by Crippen LogP contribution is 2.43. The van der Waals surface area contributed by atoms with E-state index in [2.05, 4.69) is 11.4 Å². The van der Waals surface area contributed by atoms with Crippen molar-refractivity contribution >= 4 is 17.6 Å². The number of methoxy groups -OCH3 is 1. The van der Waals surface area contributed by atoms with Gasteiger partial charge in [-0.3, -0.25) is 0 Å². The fraction of sp³-hybridized carbons (Fsp3) is 0.400. The number of carbonyl (C=O) groups is 1. The van der Waals surface area contributed by atoms with Gasteiger partial charge < -0.3 is 10.1 Å². The van der Waals surface area contributed by atoms with Crippen LogP contribution in [0.5, 0.6) is 0 Å². The molecule has 0 amide bonds. The van der Waals surface area contributed by atoms with Crippen LogP contribution in [0.25, 0.3) is 0 Å². The molecule has 1 aliphatic carbocycles. The summed E-state index contributed by atoms with van der Waals surface area (Å²) in [6, 6.07) is 6.18. The van der Waals surface area contributed by atoms with Gasteiger partial charge in [-0.1, -0.05) is 30.5 Å². The molecule has 1 N–H and O–H groups in total. The van der Waals surface area contributed by atoms with E-state index < -0.39 is 17.7 Å². The summed E-state index contributed by atoms with van der Waals surface area (Å²) in [6.45, 7) is 1.80. The second kappa shape index (κ2) is 7.51. The molecule has 136 valence electrons. The number of ether oxygens (including phenoxy) is 1. The van der Waals surface area contributed by atoms with Gasteiger partial charge in [0.25, 0.3) is 0 Å². The molecule has 26 heavy (non-hydrogen) atoms. The maximum Gasteiger partial charge on any atom is 0.336 e. The number of carbonyl (C=O) groups excluding carboxylic acids is 1. The number of nitrogens with zero attached hydrogens (tertiary/aromatic N) is 1. The minimum absolute atomic E-state index is 0.181. The van der Waals surface area contributed by atoms with Gasteiger partial charge in [0.05, 0.1) is 30.2 Å². The highest BCUT2D eigenvalue weighted by atomic mass is 35.5. The van der Waals surface area contributed by atoms with Crippen molar-refractivity contribution in [3.63, 3.8) is 0 Å². The minimum Gasteiger partial charge on any atom is -0.466 e. The van der Waals surface area contributed by atoms with E-state index >= 15 is 0 Å². The SMILES string of the molecule is COC(=O)C1=C(CCC2CC2)NC(C)=C(C#N)C1c1ccc(F)cc1Cl. The smallest absolute Gasteiger partial charge is 0.336 e. The molecule has 0 aromatic heterocycles. The summed E-state index contributed by atoms with van der Waals surface area (Å²) in [5, 5.41) is 13.1. The minimum atomic E-state index is -0.670. The zero-order chi connectivity index (χ0) is 18.8. The van der Waals surface area contributed by atoms with Gasteiger partial charge in [-0.15, -0.1) is 0 Å². The molecule has 1 aromatic carbocycles. The number of nitriles is 1. The van der Waals surface area contributed by atoms with Gasteiger partial charge in [-0.2, -0.15) is 5.26 Å². The Labute approximate surface area is 157 Å². The summed E-state index contributed by atoms with van der Waals surface area (Å²) in [7, 11) is 1.31. The highest BCUT2D eigenvalue weighted by molar-refractivity contribution is 6.31. The molecule has 0 bridgehead atoms. The Morgan fingerprint density at radius 3 is 2.77 bits per heavy atom. The number of allylic oxidation sites excluding steroid dienone is 3. The molecule has 1 saturated carbocycles. The van der Waals surface area contributed by atoms with E-state index in [0.29, 0.717) is 34.7 Å². The van der Waals surface area contributed by atoms with Crippen molar-refractivity contribution in [3.8, 4) is 6.07 Å². The number of hydrogen-bond acceptors (Lipinski definition) is 4. The van der Waals surface area contributed by atoms with E-state index in [-0.39, 0.29) is 5.02 Å². The second-order valence-electron chi connectivity index (χ2n) is 6.74.